The highest BCUT2D eigenvalue weighted by molar-refractivity contribution is 7.92. The molecule has 1 heterocycles. The van der Waals surface area contributed by atoms with E-state index in [9.17, 15) is 13.2 Å². The molecule has 0 unspecified atom stereocenters. The number of benzene rings is 1. The van der Waals surface area contributed by atoms with Crippen molar-refractivity contribution in [1.82, 2.24) is 4.57 Å². The summed E-state index contributed by atoms with van der Waals surface area (Å²) in [5.74, 6) is -1.16. The molecule has 7 heteroatoms. The number of rotatable bonds is 5. The van der Waals surface area contributed by atoms with Crippen LogP contribution in [0.15, 0.2) is 42.7 Å². The molecule has 0 fully saturated rings. The highest BCUT2D eigenvalue weighted by Gasteiger charge is 2.16. The number of nitrogens with zero attached hydrogens (tertiary/aromatic N) is 1. The monoisotopic (exact) mass is 326 g/mol. The Balaban J connectivity index is 2.27. The van der Waals surface area contributed by atoms with Crippen LogP contribution in [0, 0.1) is 0 Å². The number of hydrogen-bond acceptors (Lipinski definition) is 3. The zero-order chi connectivity index (χ0) is 15.5. The average molecular weight is 327 g/mol. The molecule has 0 saturated carbocycles. The number of amides is 1. The zero-order valence-electron chi connectivity index (χ0n) is 11.4. The SMILES string of the molecule is CCS(=O)(=O)CC(=O)Nc1ccc(Cl)cc1-n1cccc1. The van der Waals surface area contributed by atoms with E-state index in [1.165, 1.54) is 6.92 Å². The number of aromatic nitrogens is 1. The van der Waals surface area contributed by atoms with Gasteiger partial charge < -0.3 is 9.88 Å². The summed E-state index contributed by atoms with van der Waals surface area (Å²) in [7, 11) is -3.36. The van der Waals surface area contributed by atoms with E-state index in [-0.39, 0.29) is 5.75 Å². The van der Waals surface area contributed by atoms with Crippen LogP contribution < -0.4 is 5.32 Å². The van der Waals surface area contributed by atoms with Crippen molar-refractivity contribution in [2.24, 2.45) is 0 Å². The third-order valence-corrected chi connectivity index (χ3v) is 4.72. The van der Waals surface area contributed by atoms with Gasteiger partial charge in [-0.3, -0.25) is 4.79 Å². The number of nitrogens with one attached hydrogen (secondary N) is 1. The van der Waals surface area contributed by atoms with Gasteiger partial charge in [0, 0.05) is 23.2 Å². The predicted octanol–water partition coefficient (Wildman–Crippen LogP) is 2.50. The molecule has 0 aliphatic carbocycles. The van der Waals surface area contributed by atoms with Crippen molar-refractivity contribution < 1.29 is 13.2 Å². The van der Waals surface area contributed by atoms with E-state index in [2.05, 4.69) is 5.32 Å². The molecule has 0 aliphatic rings. The summed E-state index contributed by atoms with van der Waals surface area (Å²) in [6, 6.07) is 8.67. The van der Waals surface area contributed by atoms with Crippen LogP contribution in [0.3, 0.4) is 0 Å². The van der Waals surface area contributed by atoms with Gasteiger partial charge in [-0.25, -0.2) is 8.42 Å². The van der Waals surface area contributed by atoms with Crippen molar-refractivity contribution in [1.29, 1.82) is 0 Å². The Hall–Kier alpha value is -1.79. The molecule has 1 amide bonds. The van der Waals surface area contributed by atoms with Crippen molar-refractivity contribution in [3.63, 3.8) is 0 Å². The molecular weight excluding hydrogens is 312 g/mol. The minimum absolute atomic E-state index is 0.0640. The Kier molecular flexibility index (Phi) is 4.69. The standard InChI is InChI=1S/C14H15ClN2O3S/c1-2-21(19,20)10-14(18)16-12-6-5-11(15)9-13(12)17-7-3-4-8-17/h3-9H,2,10H2,1H3,(H,16,18). The van der Waals surface area contributed by atoms with Gasteiger partial charge in [-0.1, -0.05) is 18.5 Å². The Bertz CT molecular complexity index is 740. The van der Waals surface area contributed by atoms with Crippen LogP contribution in [0.2, 0.25) is 5.02 Å². The number of carbonyl (C=O) groups excluding carboxylic acids is 1. The predicted molar refractivity (Wildman–Crippen MR) is 83.7 cm³/mol. The second-order valence-electron chi connectivity index (χ2n) is 4.48. The Morgan fingerprint density at radius 3 is 2.57 bits per heavy atom. The molecule has 2 rings (SSSR count). The maximum Gasteiger partial charge on any atom is 0.239 e. The van der Waals surface area contributed by atoms with Crippen LogP contribution >= 0.6 is 11.6 Å². The fourth-order valence-electron chi connectivity index (χ4n) is 1.81. The van der Waals surface area contributed by atoms with Gasteiger partial charge in [0.2, 0.25) is 5.91 Å². The molecule has 0 saturated heterocycles. The Labute approximate surface area is 128 Å². The van der Waals surface area contributed by atoms with Gasteiger partial charge in [-0.2, -0.15) is 0 Å². The van der Waals surface area contributed by atoms with Gasteiger partial charge >= 0.3 is 0 Å². The van der Waals surface area contributed by atoms with Gasteiger partial charge in [-0.05, 0) is 30.3 Å². The highest BCUT2D eigenvalue weighted by atomic mass is 35.5. The topological polar surface area (TPSA) is 68.2 Å². The van der Waals surface area contributed by atoms with E-state index < -0.39 is 21.5 Å². The van der Waals surface area contributed by atoms with E-state index in [1.54, 1.807) is 22.8 Å². The third-order valence-electron chi connectivity index (χ3n) is 2.91. The first-order valence-corrected chi connectivity index (χ1v) is 8.54. The van der Waals surface area contributed by atoms with Crippen molar-refractivity contribution in [2.75, 3.05) is 16.8 Å². The van der Waals surface area contributed by atoms with Gasteiger partial charge in [0.25, 0.3) is 0 Å². The summed E-state index contributed by atoms with van der Waals surface area (Å²) in [5, 5.41) is 3.14. The van der Waals surface area contributed by atoms with Crippen molar-refractivity contribution in [3.05, 3.63) is 47.7 Å². The van der Waals surface area contributed by atoms with Crippen molar-refractivity contribution in [3.8, 4) is 5.69 Å². The molecule has 1 aromatic heterocycles. The van der Waals surface area contributed by atoms with Gasteiger partial charge in [-0.15, -0.1) is 0 Å². The summed E-state index contributed by atoms with van der Waals surface area (Å²) in [5.41, 5.74) is 1.18. The molecule has 0 atom stereocenters. The van der Waals surface area contributed by atoms with Crippen molar-refractivity contribution in [2.45, 2.75) is 6.92 Å². The second kappa shape index (κ2) is 6.32. The fourth-order valence-corrected chi connectivity index (χ4v) is 2.65. The fraction of sp³-hybridized carbons (Fsp3) is 0.214. The van der Waals surface area contributed by atoms with E-state index in [0.29, 0.717) is 16.4 Å². The molecule has 2 aromatic rings. The molecule has 0 bridgehead atoms. The normalized spacial score (nSPS) is 11.3. The van der Waals surface area contributed by atoms with Gasteiger partial charge in [0.05, 0.1) is 11.4 Å². The van der Waals surface area contributed by atoms with E-state index in [4.69, 9.17) is 11.6 Å². The molecular formula is C14H15ClN2O3S. The summed E-state index contributed by atoms with van der Waals surface area (Å²) in [6.45, 7) is 1.51. The van der Waals surface area contributed by atoms with Crippen molar-refractivity contribution >= 4 is 33.0 Å². The molecule has 0 radical (unpaired) electrons. The Morgan fingerprint density at radius 1 is 1.29 bits per heavy atom. The summed E-state index contributed by atoms with van der Waals surface area (Å²) in [4.78, 5) is 11.9. The maximum absolute atomic E-state index is 11.9. The quantitative estimate of drug-likeness (QED) is 0.918. The number of sulfone groups is 1. The van der Waals surface area contributed by atoms with Crippen LogP contribution in [-0.2, 0) is 14.6 Å². The molecule has 21 heavy (non-hydrogen) atoms. The number of carbonyl (C=O) groups is 1. The highest BCUT2D eigenvalue weighted by Crippen LogP contribution is 2.24. The van der Waals surface area contributed by atoms with Crippen LogP contribution in [-0.4, -0.2) is 30.4 Å². The van der Waals surface area contributed by atoms with E-state index >= 15 is 0 Å². The lowest BCUT2D eigenvalue weighted by atomic mass is 10.2. The second-order valence-corrected chi connectivity index (χ2v) is 7.27. The first kappa shape index (κ1) is 15.6. The average Bonchev–Trinajstić information content (AvgIpc) is 2.94. The lowest BCUT2D eigenvalue weighted by Gasteiger charge is -2.12. The minimum atomic E-state index is -3.36. The molecule has 5 nitrogen and oxygen atoms in total. The minimum Gasteiger partial charge on any atom is -0.323 e. The molecule has 1 N–H and O–H groups in total. The molecule has 112 valence electrons. The smallest absolute Gasteiger partial charge is 0.239 e. The number of halogens is 1. The number of hydrogen-bond donors (Lipinski definition) is 1. The van der Waals surface area contributed by atoms with E-state index in [0.717, 1.165) is 0 Å². The van der Waals surface area contributed by atoms with Crippen LogP contribution in [0.25, 0.3) is 5.69 Å². The van der Waals surface area contributed by atoms with Gasteiger partial charge in [0.1, 0.15) is 5.75 Å². The lowest BCUT2D eigenvalue weighted by Crippen LogP contribution is -2.24. The summed E-state index contributed by atoms with van der Waals surface area (Å²) >= 11 is 5.98. The first-order valence-electron chi connectivity index (χ1n) is 6.34. The zero-order valence-corrected chi connectivity index (χ0v) is 13.0. The first-order chi connectivity index (χ1) is 9.91. The summed E-state index contributed by atoms with van der Waals surface area (Å²) in [6.07, 6.45) is 3.62. The van der Waals surface area contributed by atoms with Gasteiger partial charge in [0.15, 0.2) is 9.84 Å². The maximum atomic E-state index is 11.9. The van der Waals surface area contributed by atoms with Crippen LogP contribution in [0.1, 0.15) is 6.92 Å². The van der Waals surface area contributed by atoms with Crippen LogP contribution in [0.4, 0.5) is 5.69 Å². The largest absolute Gasteiger partial charge is 0.323 e. The Morgan fingerprint density at radius 2 is 1.95 bits per heavy atom. The number of anilines is 1. The van der Waals surface area contributed by atoms with E-state index in [1.807, 2.05) is 24.5 Å². The summed E-state index contributed by atoms with van der Waals surface area (Å²) < 4.78 is 24.7. The third kappa shape index (κ3) is 4.09. The van der Waals surface area contributed by atoms with Crippen LogP contribution in [0.5, 0.6) is 0 Å². The molecule has 0 spiro atoms. The molecule has 1 aromatic carbocycles. The molecule has 0 aliphatic heterocycles. The lowest BCUT2D eigenvalue weighted by molar-refractivity contribution is -0.113.